The molecule has 2 heterocycles. The van der Waals surface area contributed by atoms with Crippen molar-refractivity contribution in [3.63, 3.8) is 0 Å². The Hall–Kier alpha value is -2.40. The van der Waals surface area contributed by atoms with Gasteiger partial charge in [-0.2, -0.15) is 0 Å². The zero-order valence-electron chi connectivity index (χ0n) is 16.6. The molecule has 0 saturated carbocycles. The molecule has 1 atom stereocenters. The van der Waals surface area contributed by atoms with Gasteiger partial charge < -0.3 is 15.4 Å². The summed E-state index contributed by atoms with van der Waals surface area (Å²) < 4.78 is 5.42. The highest BCUT2D eigenvalue weighted by molar-refractivity contribution is 5.94. The van der Waals surface area contributed by atoms with E-state index in [-0.39, 0.29) is 12.0 Å². The number of anilines is 3. The molecule has 0 aliphatic carbocycles. The summed E-state index contributed by atoms with van der Waals surface area (Å²) in [6.45, 7) is 9.44. The molecule has 5 nitrogen and oxygen atoms in total. The first kappa shape index (κ1) is 19.4. The number of para-hydroxylation sites is 1. The number of ether oxygens (including phenoxy) is 1. The maximum atomic E-state index is 12.2. The monoisotopic (exact) mass is 367 g/mol. The van der Waals surface area contributed by atoms with Gasteiger partial charge in [0.15, 0.2) is 0 Å². The SMILES string of the molecule is CC(C)c1cccc(C(C)C)c1Nc1ccc(NC(=O)C2CCCO2)cn1. The van der Waals surface area contributed by atoms with Crippen LogP contribution in [0.2, 0.25) is 0 Å². The van der Waals surface area contributed by atoms with Crippen LogP contribution in [0, 0.1) is 0 Å². The van der Waals surface area contributed by atoms with Gasteiger partial charge >= 0.3 is 0 Å². The summed E-state index contributed by atoms with van der Waals surface area (Å²) in [7, 11) is 0. The number of hydrogen-bond donors (Lipinski definition) is 2. The number of nitrogens with one attached hydrogen (secondary N) is 2. The number of pyridine rings is 1. The van der Waals surface area contributed by atoms with Gasteiger partial charge in [0.05, 0.1) is 11.9 Å². The van der Waals surface area contributed by atoms with Crippen LogP contribution in [0.3, 0.4) is 0 Å². The summed E-state index contributed by atoms with van der Waals surface area (Å²) in [5.74, 6) is 1.50. The van der Waals surface area contributed by atoms with Crippen molar-refractivity contribution in [1.82, 2.24) is 4.98 Å². The number of benzene rings is 1. The number of carbonyl (C=O) groups excluding carboxylic acids is 1. The van der Waals surface area contributed by atoms with Crippen LogP contribution < -0.4 is 10.6 Å². The van der Waals surface area contributed by atoms with Gasteiger partial charge in [-0.3, -0.25) is 4.79 Å². The van der Waals surface area contributed by atoms with Gasteiger partial charge in [-0.05, 0) is 47.9 Å². The van der Waals surface area contributed by atoms with Gasteiger partial charge in [0.1, 0.15) is 11.9 Å². The number of aromatic nitrogens is 1. The molecule has 1 saturated heterocycles. The first-order valence-electron chi connectivity index (χ1n) is 9.74. The summed E-state index contributed by atoms with van der Waals surface area (Å²) in [5, 5.41) is 6.37. The summed E-state index contributed by atoms with van der Waals surface area (Å²) in [6.07, 6.45) is 3.06. The summed E-state index contributed by atoms with van der Waals surface area (Å²) in [6, 6.07) is 10.2. The van der Waals surface area contributed by atoms with E-state index in [0.29, 0.717) is 24.1 Å². The van der Waals surface area contributed by atoms with Crippen molar-refractivity contribution >= 4 is 23.1 Å². The predicted molar refractivity (Wildman–Crippen MR) is 110 cm³/mol. The number of rotatable bonds is 6. The quantitative estimate of drug-likeness (QED) is 0.737. The van der Waals surface area contributed by atoms with Gasteiger partial charge in [-0.25, -0.2) is 4.98 Å². The van der Waals surface area contributed by atoms with Crippen molar-refractivity contribution in [1.29, 1.82) is 0 Å². The zero-order chi connectivity index (χ0) is 19.4. The topological polar surface area (TPSA) is 63.2 Å². The average molecular weight is 367 g/mol. The molecule has 0 radical (unpaired) electrons. The Morgan fingerprint density at radius 2 is 1.81 bits per heavy atom. The Balaban J connectivity index is 1.76. The van der Waals surface area contributed by atoms with Crippen LogP contribution >= 0.6 is 0 Å². The molecule has 1 fully saturated rings. The molecule has 0 spiro atoms. The van der Waals surface area contributed by atoms with Crippen molar-refractivity contribution in [3.05, 3.63) is 47.7 Å². The highest BCUT2D eigenvalue weighted by atomic mass is 16.5. The third-order valence-corrected chi connectivity index (χ3v) is 4.88. The Morgan fingerprint density at radius 1 is 1.11 bits per heavy atom. The van der Waals surface area contributed by atoms with Gasteiger partial charge in [-0.1, -0.05) is 45.9 Å². The summed E-state index contributed by atoms with van der Waals surface area (Å²) >= 11 is 0. The zero-order valence-corrected chi connectivity index (χ0v) is 16.6. The van der Waals surface area contributed by atoms with Crippen molar-refractivity contribution in [2.24, 2.45) is 0 Å². The van der Waals surface area contributed by atoms with Gasteiger partial charge in [0.25, 0.3) is 5.91 Å². The van der Waals surface area contributed by atoms with Crippen molar-refractivity contribution in [2.75, 3.05) is 17.2 Å². The number of hydrogen-bond acceptors (Lipinski definition) is 4. The molecule has 3 rings (SSSR count). The lowest BCUT2D eigenvalue weighted by molar-refractivity contribution is -0.124. The van der Waals surface area contributed by atoms with Crippen LogP contribution in [0.1, 0.15) is 63.5 Å². The molecule has 1 aliphatic rings. The van der Waals surface area contributed by atoms with Crippen LogP contribution in [-0.2, 0) is 9.53 Å². The van der Waals surface area contributed by atoms with E-state index in [9.17, 15) is 4.79 Å². The second kappa shape index (κ2) is 8.53. The second-order valence-electron chi connectivity index (χ2n) is 7.67. The Labute approximate surface area is 161 Å². The number of carbonyl (C=O) groups is 1. The maximum Gasteiger partial charge on any atom is 0.253 e. The molecular formula is C22H29N3O2. The molecule has 1 aromatic carbocycles. The van der Waals surface area contributed by atoms with E-state index < -0.39 is 0 Å². The van der Waals surface area contributed by atoms with Gasteiger partial charge in [0.2, 0.25) is 0 Å². The molecule has 2 N–H and O–H groups in total. The van der Waals surface area contributed by atoms with Crippen LogP contribution in [-0.4, -0.2) is 23.6 Å². The summed E-state index contributed by atoms with van der Waals surface area (Å²) in [4.78, 5) is 16.6. The average Bonchev–Trinajstić information content (AvgIpc) is 3.18. The van der Waals surface area contributed by atoms with E-state index in [1.807, 2.05) is 12.1 Å². The van der Waals surface area contributed by atoms with Crippen LogP contribution in [0.5, 0.6) is 0 Å². The van der Waals surface area contributed by atoms with E-state index >= 15 is 0 Å². The van der Waals surface area contributed by atoms with E-state index in [4.69, 9.17) is 4.74 Å². The highest BCUT2D eigenvalue weighted by Gasteiger charge is 2.23. The fourth-order valence-corrected chi connectivity index (χ4v) is 3.37. The van der Waals surface area contributed by atoms with Crippen molar-refractivity contribution in [2.45, 2.75) is 58.5 Å². The minimum absolute atomic E-state index is 0.0951. The third-order valence-electron chi connectivity index (χ3n) is 4.88. The largest absolute Gasteiger partial charge is 0.368 e. The van der Waals surface area contributed by atoms with Crippen LogP contribution in [0.15, 0.2) is 36.5 Å². The minimum atomic E-state index is -0.339. The van der Waals surface area contributed by atoms with Gasteiger partial charge in [-0.15, -0.1) is 0 Å². The first-order valence-corrected chi connectivity index (χ1v) is 9.74. The van der Waals surface area contributed by atoms with Crippen molar-refractivity contribution in [3.8, 4) is 0 Å². The Bertz CT molecular complexity index is 752. The lowest BCUT2D eigenvalue weighted by atomic mass is 9.92. The van der Waals surface area contributed by atoms with E-state index in [0.717, 1.165) is 24.3 Å². The second-order valence-corrected chi connectivity index (χ2v) is 7.67. The van der Waals surface area contributed by atoms with E-state index in [1.165, 1.54) is 11.1 Å². The fourth-order valence-electron chi connectivity index (χ4n) is 3.37. The maximum absolute atomic E-state index is 12.2. The van der Waals surface area contributed by atoms with Crippen LogP contribution in [0.4, 0.5) is 17.2 Å². The number of nitrogens with zero attached hydrogens (tertiary/aromatic N) is 1. The molecule has 1 aliphatic heterocycles. The van der Waals surface area contributed by atoms with Crippen molar-refractivity contribution < 1.29 is 9.53 Å². The molecule has 1 unspecified atom stereocenters. The molecule has 144 valence electrons. The third kappa shape index (κ3) is 4.66. The molecule has 27 heavy (non-hydrogen) atoms. The molecule has 2 aromatic rings. The van der Waals surface area contributed by atoms with E-state index in [1.54, 1.807) is 6.20 Å². The normalized spacial score (nSPS) is 16.7. The fraction of sp³-hybridized carbons (Fsp3) is 0.455. The Kier molecular flexibility index (Phi) is 6.11. The smallest absolute Gasteiger partial charge is 0.253 e. The van der Waals surface area contributed by atoms with Gasteiger partial charge in [0, 0.05) is 12.3 Å². The number of amides is 1. The first-order chi connectivity index (χ1) is 13.0. The predicted octanol–water partition coefficient (Wildman–Crippen LogP) is 5.19. The summed E-state index contributed by atoms with van der Waals surface area (Å²) in [5.41, 5.74) is 4.37. The molecular weight excluding hydrogens is 338 g/mol. The Morgan fingerprint density at radius 3 is 2.33 bits per heavy atom. The molecule has 1 amide bonds. The standard InChI is InChI=1S/C22H29N3O2/c1-14(2)17-7-5-8-18(15(3)4)21(17)25-20-11-10-16(13-23-20)24-22(26)19-9-6-12-27-19/h5,7-8,10-11,13-15,19H,6,9,12H2,1-4H3,(H,23,25)(H,24,26). The van der Waals surface area contributed by atoms with Crippen LogP contribution in [0.25, 0.3) is 0 Å². The molecule has 1 aromatic heterocycles. The van der Waals surface area contributed by atoms with E-state index in [2.05, 4.69) is 61.5 Å². The highest BCUT2D eigenvalue weighted by Crippen LogP contribution is 2.34. The molecule has 5 heteroatoms. The lowest BCUT2D eigenvalue weighted by Crippen LogP contribution is -2.26. The minimum Gasteiger partial charge on any atom is -0.368 e. The molecule has 0 bridgehead atoms. The lowest BCUT2D eigenvalue weighted by Gasteiger charge is -2.20.